The highest BCUT2D eigenvalue weighted by molar-refractivity contribution is 5.89. The van der Waals surface area contributed by atoms with Crippen LogP contribution < -0.4 is 14.8 Å². The largest absolute Gasteiger partial charge is 0.493 e. The lowest BCUT2D eigenvalue weighted by Crippen LogP contribution is -2.37. The van der Waals surface area contributed by atoms with Crippen molar-refractivity contribution in [2.75, 3.05) is 32.8 Å². The highest BCUT2D eigenvalue weighted by Gasteiger charge is 2.13. The number of nitrogens with one attached hydrogen (secondary N) is 1. The highest BCUT2D eigenvalue weighted by Crippen LogP contribution is 2.27. The van der Waals surface area contributed by atoms with Crippen molar-refractivity contribution in [2.45, 2.75) is 6.42 Å². The predicted molar refractivity (Wildman–Crippen MR) is 92.5 cm³/mol. The summed E-state index contributed by atoms with van der Waals surface area (Å²) in [5, 5.41) is 12.2. The Labute approximate surface area is 141 Å². The lowest BCUT2D eigenvalue weighted by molar-refractivity contribution is 0.132. The van der Waals surface area contributed by atoms with Gasteiger partial charge in [-0.3, -0.25) is 0 Å². The van der Waals surface area contributed by atoms with Crippen LogP contribution in [0.2, 0.25) is 0 Å². The average Bonchev–Trinajstić information content (AvgIpc) is 2.62. The number of rotatable bonds is 7. The Morgan fingerprint density at radius 3 is 2.42 bits per heavy atom. The van der Waals surface area contributed by atoms with Gasteiger partial charge >= 0.3 is 6.03 Å². The molecule has 0 aliphatic carbocycles. The number of ether oxygens (including phenoxy) is 2. The maximum absolute atomic E-state index is 12.2. The summed E-state index contributed by atoms with van der Waals surface area (Å²) in [6, 6.07) is 14.4. The molecular formula is C18H22N2O4. The summed E-state index contributed by atoms with van der Waals surface area (Å²) in [6.45, 7) is 0.0244. The molecule has 2 aromatic rings. The second-order valence-electron chi connectivity index (χ2n) is 5.14. The van der Waals surface area contributed by atoms with E-state index in [0.717, 1.165) is 5.56 Å². The zero-order valence-corrected chi connectivity index (χ0v) is 13.9. The van der Waals surface area contributed by atoms with Crippen LogP contribution >= 0.6 is 0 Å². The second-order valence-corrected chi connectivity index (χ2v) is 5.14. The molecule has 128 valence electrons. The summed E-state index contributed by atoms with van der Waals surface area (Å²) >= 11 is 0. The van der Waals surface area contributed by atoms with Crippen molar-refractivity contribution in [1.82, 2.24) is 4.90 Å². The molecule has 0 fully saturated rings. The van der Waals surface area contributed by atoms with E-state index in [-0.39, 0.29) is 12.8 Å². The molecule has 24 heavy (non-hydrogen) atoms. The minimum atomic E-state index is -0.355. The summed E-state index contributed by atoms with van der Waals surface area (Å²) in [4.78, 5) is 13.5. The smallest absolute Gasteiger partial charge is 0.323 e. The third-order valence-electron chi connectivity index (χ3n) is 3.60. The van der Waals surface area contributed by atoms with Gasteiger partial charge in [0.05, 0.1) is 14.2 Å². The van der Waals surface area contributed by atoms with Gasteiger partial charge in [0.1, 0.15) is 6.73 Å². The molecule has 0 saturated carbocycles. The Hall–Kier alpha value is -2.73. The molecule has 2 aromatic carbocycles. The molecule has 0 atom stereocenters. The summed E-state index contributed by atoms with van der Waals surface area (Å²) in [5.41, 5.74) is 1.67. The van der Waals surface area contributed by atoms with Crippen molar-refractivity contribution < 1.29 is 19.4 Å². The SMILES string of the molecule is COc1ccc(CCN(CO)C(=O)Nc2ccccc2)cc1OC. The minimum absolute atomic E-state index is 0.343. The van der Waals surface area contributed by atoms with E-state index in [1.807, 2.05) is 36.4 Å². The molecule has 2 N–H and O–H groups in total. The predicted octanol–water partition coefficient (Wildman–Crippen LogP) is 2.73. The number of amides is 2. The first-order chi connectivity index (χ1) is 11.7. The average molecular weight is 330 g/mol. The van der Waals surface area contributed by atoms with E-state index in [9.17, 15) is 9.90 Å². The van der Waals surface area contributed by atoms with Crippen molar-refractivity contribution in [1.29, 1.82) is 0 Å². The van der Waals surface area contributed by atoms with Gasteiger partial charge in [-0.2, -0.15) is 0 Å². The topological polar surface area (TPSA) is 71.0 Å². The standard InChI is InChI=1S/C18H22N2O4/c1-23-16-9-8-14(12-17(16)24-2)10-11-20(13-21)18(22)19-15-6-4-3-5-7-15/h3-9,12,21H,10-11,13H2,1-2H3,(H,19,22). The van der Waals surface area contributed by atoms with Crippen LogP contribution in [0.4, 0.5) is 10.5 Å². The van der Waals surface area contributed by atoms with Crippen LogP contribution in [-0.2, 0) is 6.42 Å². The number of aliphatic hydroxyl groups excluding tert-OH is 1. The third kappa shape index (κ3) is 4.63. The van der Waals surface area contributed by atoms with Crippen molar-refractivity contribution >= 4 is 11.7 Å². The van der Waals surface area contributed by atoms with E-state index in [2.05, 4.69) is 5.32 Å². The number of para-hydroxylation sites is 1. The fraction of sp³-hybridized carbons (Fsp3) is 0.278. The molecule has 0 radical (unpaired) electrons. The molecule has 6 nitrogen and oxygen atoms in total. The number of urea groups is 1. The van der Waals surface area contributed by atoms with Gasteiger partial charge in [0.25, 0.3) is 0 Å². The molecule has 0 spiro atoms. The van der Waals surface area contributed by atoms with Crippen LogP contribution in [0.3, 0.4) is 0 Å². The number of anilines is 1. The van der Waals surface area contributed by atoms with Gasteiger partial charge < -0.3 is 24.8 Å². The summed E-state index contributed by atoms with van der Waals surface area (Å²) < 4.78 is 10.5. The van der Waals surface area contributed by atoms with Crippen LogP contribution in [-0.4, -0.2) is 43.5 Å². The Kier molecular flexibility index (Phi) is 6.45. The molecule has 0 aliphatic heterocycles. The Balaban J connectivity index is 1.96. The molecular weight excluding hydrogens is 308 g/mol. The van der Waals surface area contributed by atoms with E-state index in [1.165, 1.54) is 4.90 Å². The lowest BCUT2D eigenvalue weighted by atomic mass is 10.1. The number of hydrogen-bond acceptors (Lipinski definition) is 4. The number of nitrogens with zero attached hydrogens (tertiary/aromatic N) is 1. The van der Waals surface area contributed by atoms with Crippen LogP contribution in [0.1, 0.15) is 5.56 Å². The van der Waals surface area contributed by atoms with Crippen LogP contribution in [0.15, 0.2) is 48.5 Å². The zero-order chi connectivity index (χ0) is 17.4. The van der Waals surface area contributed by atoms with Gasteiger partial charge in [-0.25, -0.2) is 4.79 Å². The number of carbonyl (C=O) groups is 1. The van der Waals surface area contributed by atoms with Crippen molar-refractivity contribution in [3.8, 4) is 11.5 Å². The zero-order valence-electron chi connectivity index (χ0n) is 13.9. The summed E-state index contributed by atoms with van der Waals surface area (Å²) in [6.07, 6.45) is 0.586. The van der Waals surface area contributed by atoms with E-state index < -0.39 is 0 Å². The molecule has 0 heterocycles. The highest BCUT2D eigenvalue weighted by atomic mass is 16.5. The van der Waals surface area contributed by atoms with E-state index in [0.29, 0.717) is 30.2 Å². The van der Waals surface area contributed by atoms with Gasteiger partial charge in [-0.1, -0.05) is 24.3 Å². The van der Waals surface area contributed by atoms with Crippen LogP contribution in [0, 0.1) is 0 Å². The fourth-order valence-electron chi connectivity index (χ4n) is 2.26. The molecule has 0 unspecified atom stereocenters. The van der Waals surface area contributed by atoms with Gasteiger partial charge in [-0.15, -0.1) is 0 Å². The molecule has 2 amide bonds. The van der Waals surface area contributed by atoms with Gasteiger partial charge in [0.2, 0.25) is 0 Å². The Morgan fingerprint density at radius 1 is 1.08 bits per heavy atom. The van der Waals surface area contributed by atoms with Crippen LogP contribution in [0.25, 0.3) is 0 Å². The number of carbonyl (C=O) groups excluding carboxylic acids is 1. The maximum atomic E-state index is 12.2. The third-order valence-corrected chi connectivity index (χ3v) is 3.60. The quantitative estimate of drug-likeness (QED) is 0.766. The maximum Gasteiger partial charge on any atom is 0.323 e. The first kappa shape index (κ1) is 17.6. The molecule has 2 rings (SSSR count). The normalized spacial score (nSPS) is 10.1. The lowest BCUT2D eigenvalue weighted by Gasteiger charge is -2.20. The van der Waals surface area contributed by atoms with Crippen LogP contribution in [0.5, 0.6) is 11.5 Å². The van der Waals surface area contributed by atoms with E-state index in [4.69, 9.17) is 9.47 Å². The second kappa shape index (κ2) is 8.79. The van der Waals surface area contributed by atoms with Crippen molar-refractivity contribution in [3.63, 3.8) is 0 Å². The first-order valence-corrected chi connectivity index (χ1v) is 7.60. The molecule has 6 heteroatoms. The van der Waals surface area contributed by atoms with Gasteiger partial charge in [-0.05, 0) is 36.2 Å². The number of aliphatic hydroxyl groups is 1. The monoisotopic (exact) mass is 330 g/mol. The summed E-state index contributed by atoms with van der Waals surface area (Å²) in [7, 11) is 3.16. The van der Waals surface area contributed by atoms with Gasteiger partial charge in [0, 0.05) is 12.2 Å². The van der Waals surface area contributed by atoms with Crippen molar-refractivity contribution in [3.05, 3.63) is 54.1 Å². The first-order valence-electron chi connectivity index (χ1n) is 7.60. The number of benzene rings is 2. The molecule has 0 saturated heterocycles. The van der Waals surface area contributed by atoms with Crippen molar-refractivity contribution in [2.24, 2.45) is 0 Å². The Morgan fingerprint density at radius 2 is 1.79 bits per heavy atom. The minimum Gasteiger partial charge on any atom is -0.493 e. The van der Waals surface area contributed by atoms with E-state index >= 15 is 0 Å². The van der Waals surface area contributed by atoms with E-state index in [1.54, 1.807) is 26.4 Å². The fourth-order valence-corrected chi connectivity index (χ4v) is 2.26. The number of methoxy groups -OCH3 is 2. The molecule has 0 bridgehead atoms. The molecule has 0 aliphatic rings. The summed E-state index contributed by atoms with van der Waals surface area (Å²) in [5.74, 6) is 1.29. The Bertz CT molecular complexity index is 661. The number of hydrogen-bond donors (Lipinski definition) is 2. The molecule has 0 aromatic heterocycles. The van der Waals surface area contributed by atoms with Gasteiger partial charge in [0.15, 0.2) is 11.5 Å².